The Morgan fingerprint density at radius 2 is 1.36 bits per heavy atom. The van der Waals surface area contributed by atoms with Crippen molar-refractivity contribution in [2.45, 2.75) is 13.3 Å². The lowest BCUT2D eigenvalue weighted by Crippen LogP contribution is -1.99. The quantitative estimate of drug-likeness (QED) is 0.122. The lowest BCUT2D eigenvalue weighted by Gasteiger charge is -2.11. The standard InChI is InChI=1S/C60H44N8O/c1-3-26-62-29-23-43-31-48(36-53-52-35-47(45-16-10-27-63-37-45)34-49(59(52)69-58(43)53)46-17-11-28-64-38-46)68-56-20-18-42(39(2)66-54(22-25-61)40-12-6-4-7-13-40)32-50(56)51-33-44(19-21-57(51)68)60-65-30-24-55(67-60)41-14-8-5-9-15-41/h3-22,24-38H,2,23,61H2,1H3/b25-22-,26-3-,62-29-,66-54+. The number of nitrogens with two attached hydrogens (primary N) is 1. The minimum Gasteiger partial charge on any atom is -0.455 e. The summed E-state index contributed by atoms with van der Waals surface area (Å²) in [6.07, 6.45) is 18.7. The summed E-state index contributed by atoms with van der Waals surface area (Å²) < 4.78 is 9.34. The van der Waals surface area contributed by atoms with Crippen molar-refractivity contribution < 1.29 is 4.42 Å². The number of hydrogen-bond acceptors (Lipinski definition) is 8. The molecule has 9 heteroatoms. The van der Waals surface area contributed by atoms with Crippen molar-refractivity contribution in [2.24, 2.45) is 15.7 Å². The van der Waals surface area contributed by atoms with Crippen LogP contribution in [0, 0.1) is 0 Å². The van der Waals surface area contributed by atoms with Gasteiger partial charge in [0.1, 0.15) is 11.2 Å². The van der Waals surface area contributed by atoms with Gasteiger partial charge in [-0.3, -0.25) is 15.0 Å². The number of aliphatic imine (C=N–C) groups is 2. The smallest absolute Gasteiger partial charge is 0.159 e. The molecule has 330 valence electrons. The van der Waals surface area contributed by atoms with Crippen LogP contribution in [0.15, 0.2) is 228 Å². The molecular weight excluding hydrogens is 849 g/mol. The van der Waals surface area contributed by atoms with Gasteiger partial charge in [0.2, 0.25) is 0 Å². The molecule has 11 rings (SSSR count). The number of nitrogens with zero attached hydrogens (tertiary/aromatic N) is 7. The normalized spacial score (nSPS) is 12.2. The highest BCUT2D eigenvalue weighted by molar-refractivity contribution is 6.15. The molecule has 0 fully saturated rings. The van der Waals surface area contributed by atoms with Crippen LogP contribution in [0.1, 0.15) is 23.6 Å². The molecule has 6 aromatic carbocycles. The van der Waals surface area contributed by atoms with Gasteiger partial charge in [0, 0.05) is 122 Å². The van der Waals surface area contributed by atoms with Crippen molar-refractivity contribution >= 4 is 61.4 Å². The molecule has 0 aliphatic carbocycles. The molecule has 0 amide bonds. The maximum Gasteiger partial charge on any atom is 0.159 e. The Hall–Kier alpha value is -9.34. The predicted octanol–water partition coefficient (Wildman–Crippen LogP) is 14.0. The minimum atomic E-state index is 0.533. The van der Waals surface area contributed by atoms with Crippen LogP contribution in [0.2, 0.25) is 0 Å². The van der Waals surface area contributed by atoms with Crippen molar-refractivity contribution in [2.75, 3.05) is 0 Å². The Labute approximate surface area is 398 Å². The minimum absolute atomic E-state index is 0.533. The topological polar surface area (TPSA) is 120 Å². The van der Waals surface area contributed by atoms with Crippen LogP contribution in [-0.4, -0.2) is 36.4 Å². The first-order valence-corrected chi connectivity index (χ1v) is 22.7. The number of aromatic nitrogens is 5. The van der Waals surface area contributed by atoms with Crippen LogP contribution < -0.4 is 5.73 Å². The molecule has 0 spiro atoms. The lowest BCUT2D eigenvalue weighted by atomic mass is 9.96. The fraction of sp³-hybridized carbons (Fsp3) is 0.0333. The molecule has 0 saturated heterocycles. The third-order valence-electron chi connectivity index (χ3n) is 12.3. The van der Waals surface area contributed by atoms with Crippen LogP contribution >= 0.6 is 0 Å². The Bertz CT molecular complexity index is 3830. The maximum atomic E-state index is 7.01. The van der Waals surface area contributed by atoms with E-state index in [4.69, 9.17) is 25.1 Å². The molecular formula is C60H44N8O. The van der Waals surface area contributed by atoms with Gasteiger partial charge in [-0.05, 0) is 97.6 Å². The number of hydrogen-bond donors (Lipinski definition) is 1. The zero-order valence-corrected chi connectivity index (χ0v) is 37.7. The van der Waals surface area contributed by atoms with E-state index < -0.39 is 0 Å². The molecule has 0 bridgehead atoms. The van der Waals surface area contributed by atoms with Gasteiger partial charge in [-0.1, -0.05) is 91.5 Å². The predicted molar refractivity (Wildman–Crippen MR) is 283 cm³/mol. The summed E-state index contributed by atoms with van der Waals surface area (Å²) in [6, 6.07) is 51.9. The molecule has 69 heavy (non-hydrogen) atoms. The second kappa shape index (κ2) is 18.5. The van der Waals surface area contributed by atoms with Gasteiger partial charge < -0.3 is 14.7 Å². The zero-order chi connectivity index (χ0) is 46.7. The summed E-state index contributed by atoms with van der Waals surface area (Å²) in [5.41, 5.74) is 21.3. The molecule has 0 atom stereocenters. The van der Waals surface area contributed by atoms with Crippen LogP contribution in [0.25, 0.3) is 100 Å². The van der Waals surface area contributed by atoms with E-state index >= 15 is 0 Å². The summed E-state index contributed by atoms with van der Waals surface area (Å²) in [6.45, 7) is 6.43. The number of furan rings is 1. The van der Waals surface area contributed by atoms with Gasteiger partial charge in [-0.15, -0.1) is 0 Å². The maximum absolute atomic E-state index is 7.01. The molecule has 0 saturated carbocycles. The molecule has 0 aliphatic heterocycles. The van der Waals surface area contributed by atoms with Crippen LogP contribution in [-0.2, 0) is 6.42 Å². The number of allylic oxidation sites excluding steroid dienone is 2. The van der Waals surface area contributed by atoms with Crippen molar-refractivity contribution in [3.8, 4) is 50.6 Å². The number of fused-ring (bicyclic) bond motifs is 6. The zero-order valence-electron chi connectivity index (χ0n) is 37.7. The van der Waals surface area contributed by atoms with Gasteiger partial charge in [-0.25, -0.2) is 15.0 Å². The monoisotopic (exact) mass is 892 g/mol. The molecule has 11 aromatic rings. The first-order chi connectivity index (χ1) is 34.0. The van der Waals surface area contributed by atoms with E-state index in [9.17, 15) is 0 Å². The van der Waals surface area contributed by atoms with E-state index in [2.05, 4.69) is 111 Å². The summed E-state index contributed by atoms with van der Waals surface area (Å²) in [4.78, 5) is 28.4. The molecule has 0 unspecified atom stereocenters. The average Bonchev–Trinajstić information content (AvgIpc) is 3.95. The summed E-state index contributed by atoms with van der Waals surface area (Å²) >= 11 is 0. The summed E-state index contributed by atoms with van der Waals surface area (Å²) in [7, 11) is 0. The average molecular weight is 893 g/mol. The Morgan fingerprint density at radius 1 is 0.652 bits per heavy atom. The van der Waals surface area contributed by atoms with Gasteiger partial charge in [0.25, 0.3) is 0 Å². The second-order valence-electron chi connectivity index (χ2n) is 16.6. The van der Waals surface area contributed by atoms with Crippen LogP contribution in [0.3, 0.4) is 0 Å². The van der Waals surface area contributed by atoms with Crippen molar-refractivity contribution in [3.63, 3.8) is 0 Å². The number of pyridine rings is 2. The van der Waals surface area contributed by atoms with Crippen molar-refractivity contribution in [3.05, 3.63) is 230 Å². The van der Waals surface area contributed by atoms with Crippen molar-refractivity contribution in [1.29, 1.82) is 0 Å². The van der Waals surface area contributed by atoms with E-state index in [0.717, 1.165) is 105 Å². The van der Waals surface area contributed by atoms with Gasteiger partial charge in [-0.2, -0.15) is 0 Å². The van der Waals surface area contributed by atoms with E-state index in [0.29, 0.717) is 23.7 Å². The number of benzene rings is 6. The van der Waals surface area contributed by atoms with Crippen LogP contribution in [0.5, 0.6) is 0 Å². The molecule has 0 radical (unpaired) electrons. The van der Waals surface area contributed by atoms with E-state index in [1.54, 1.807) is 24.7 Å². The Kier molecular flexibility index (Phi) is 11.3. The van der Waals surface area contributed by atoms with Crippen LogP contribution in [0.4, 0.5) is 0 Å². The first kappa shape index (κ1) is 42.3. The van der Waals surface area contributed by atoms with E-state index in [1.807, 2.05) is 105 Å². The van der Waals surface area contributed by atoms with Gasteiger partial charge in [0.15, 0.2) is 5.82 Å². The summed E-state index contributed by atoms with van der Waals surface area (Å²) in [5.74, 6) is 0.633. The van der Waals surface area contributed by atoms with E-state index in [1.165, 1.54) is 6.20 Å². The highest BCUT2D eigenvalue weighted by Gasteiger charge is 2.22. The Morgan fingerprint density at radius 3 is 2.12 bits per heavy atom. The largest absolute Gasteiger partial charge is 0.455 e. The molecule has 5 aromatic heterocycles. The highest BCUT2D eigenvalue weighted by Crippen LogP contribution is 2.43. The van der Waals surface area contributed by atoms with Gasteiger partial charge in [0.05, 0.1) is 28.1 Å². The molecule has 0 aliphatic rings. The fourth-order valence-electron chi connectivity index (χ4n) is 9.04. The van der Waals surface area contributed by atoms with Crippen molar-refractivity contribution in [1.82, 2.24) is 24.5 Å². The lowest BCUT2D eigenvalue weighted by molar-refractivity contribution is 0.666. The SMILES string of the molecule is C=C(/N=C(\C=C/N)c1ccccc1)c1ccc2c(c1)c1cc(-c3nccc(-c4ccccc4)n3)ccc1n2-c1cc(C/C=N\C=C/C)c2oc3c(-c4cccnc4)cc(-c4cccnc4)cc3c2c1. The molecule has 2 N–H and O–H groups in total. The molecule has 9 nitrogen and oxygen atoms in total. The van der Waals surface area contributed by atoms with Gasteiger partial charge >= 0.3 is 0 Å². The van der Waals surface area contributed by atoms with E-state index in [-0.39, 0.29) is 0 Å². The fourth-order valence-corrected chi connectivity index (χ4v) is 9.04. The third kappa shape index (κ3) is 8.19. The Balaban J connectivity index is 1.16. The second-order valence-corrected chi connectivity index (χ2v) is 16.6. The summed E-state index contributed by atoms with van der Waals surface area (Å²) in [5, 5.41) is 3.99. The molecule has 5 heterocycles. The number of rotatable bonds is 12. The highest BCUT2D eigenvalue weighted by atomic mass is 16.3. The first-order valence-electron chi connectivity index (χ1n) is 22.7. The third-order valence-corrected chi connectivity index (χ3v) is 12.3.